The molecular formula is C18H24N4OS. The molecule has 0 radical (unpaired) electrons. The van der Waals surface area contributed by atoms with E-state index < -0.39 is 0 Å². The van der Waals surface area contributed by atoms with Crippen LogP contribution >= 0.6 is 11.3 Å². The quantitative estimate of drug-likeness (QED) is 0.859. The van der Waals surface area contributed by atoms with Crippen molar-refractivity contribution in [3.63, 3.8) is 0 Å². The molecule has 5 nitrogen and oxygen atoms in total. The van der Waals surface area contributed by atoms with Gasteiger partial charge in [0.2, 0.25) is 0 Å². The van der Waals surface area contributed by atoms with Crippen LogP contribution in [0.4, 0.5) is 0 Å². The van der Waals surface area contributed by atoms with Crippen molar-refractivity contribution in [2.45, 2.75) is 25.8 Å². The maximum atomic E-state index is 12.5. The molecular weight excluding hydrogens is 320 g/mol. The van der Waals surface area contributed by atoms with Gasteiger partial charge in [0.05, 0.1) is 12.1 Å². The number of nitrogens with zero attached hydrogens (tertiary/aromatic N) is 4. The number of thiophene rings is 1. The third-order valence-electron chi connectivity index (χ3n) is 5.68. The van der Waals surface area contributed by atoms with Crippen molar-refractivity contribution in [2.24, 2.45) is 12.5 Å². The molecule has 4 rings (SSSR count). The molecule has 128 valence electrons. The average Bonchev–Trinajstić information content (AvgIpc) is 3.32. The van der Waals surface area contributed by atoms with Gasteiger partial charge in [0, 0.05) is 44.5 Å². The van der Waals surface area contributed by atoms with Gasteiger partial charge in [-0.2, -0.15) is 11.3 Å². The van der Waals surface area contributed by atoms with Gasteiger partial charge in [0.15, 0.2) is 0 Å². The highest BCUT2D eigenvalue weighted by molar-refractivity contribution is 7.08. The summed E-state index contributed by atoms with van der Waals surface area (Å²) in [5.74, 6) is 1.34. The molecule has 0 unspecified atom stereocenters. The maximum Gasteiger partial charge on any atom is 0.254 e. The second-order valence-corrected chi connectivity index (χ2v) is 8.00. The van der Waals surface area contributed by atoms with Crippen molar-refractivity contribution in [1.82, 2.24) is 19.4 Å². The van der Waals surface area contributed by atoms with Crippen molar-refractivity contribution in [2.75, 3.05) is 26.2 Å². The number of hydrogen-bond acceptors (Lipinski definition) is 4. The van der Waals surface area contributed by atoms with E-state index in [0.29, 0.717) is 5.41 Å². The molecule has 0 atom stereocenters. The predicted molar refractivity (Wildman–Crippen MR) is 95.0 cm³/mol. The lowest BCUT2D eigenvalue weighted by Gasteiger charge is -2.39. The van der Waals surface area contributed by atoms with Crippen molar-refractivity contribution in [3.05, 3.63) is 40.6 Å². The van der Waals surface area contributed by atoms with Gasteiger partial charge in [-0.25, -0.2) is 4.98 Å². The molecule has 0 aromatic carbocycles. The van der Waals surface area contributed by atoms with E-state index in [9.17, 15) is 4.79 Å². The summed E-state index contributed by atoms with van der Waals surface area (Å²) in [5.41, 5.74) is 1.25. The smallest absolute Gasteiger partial charge is 0.254 e. The number of carbonyl (C=O) groups is 1. The Kier molecular flexibility index (Phi) is 4.18. The normalized spacial score (nSPS) is 20.8. The standard InChI is InChI=1S/C18H24N4OS/c1-20-10-6-19-16(20)12-21-7-3-18(14-21)4-8-22(9-5-18)17(23)15-2-11-24-13-15/h2,6,10-11,13H,3-5,7-9,12,14H2,1H3. The lowest BCUT2D eigenvalue weighted by molar-refractivity contribution is 0.0588. The largest absolute Gasteiger partial charge is 0.339 e. The van der Waals surface area contributed by atoms with Gasteiger partial charge in [-0.15, -0.1) is 0 Å². The van der Waals surface area contributed by atoms with Crippen LogP contribution < -0.4 is 0 Å². The Bertz CT molecular complexity index is 700. The summed E-state index contributed by atoms with van der Waals surface area (Å²) in [4.78, 5) is 21.5. The molecule has 24 heavy (non-hydrogen) atoms. The number of rotatable bonds is 3. The summed E-state index contributed by atoms with van der Waals surface area (Å²) in [5, 5.41) is 3.93. The summed E-state index contributed by atoms with van der Waals surface area (Å²) in [6, 6.07) is 1.93. The number of imidazole rings is 1. The number of amides is 1. The first-order valence-corrected chi connectivity index (χ1v) is 9.60. The lowest BCUT2D eigenvalue weighted by atomic mass is 9.77. The summed E-state index contributed by atoms with van der Waals surface area (Å²) in [6.45, 7) is 5.00. The number of aryl methyl sites for hydroxylation is 1. The van der Waals surface area contributed by atoms with E-state index in [2.05, 4.69) is 21.5 Å². The topological polar surface area (TPSA) is 41.4 Å². The van der Waals surface area contributed by atoms with Crippen LogP contribution in [-0.2, 0) is 13.6 Å². The molecule has 4 heterocycles. The molecule has 2 aliphatic heterocycles. The highest BCUT2D eigenvalue weighted by atomic mass is 32.1. The van der Waals surface area contributed by atoms with Gasteiger partial charge in [0.1, 0.15) is 5.82 Å². The number of piperidine rings is 1. The second kappa shape index (κ2) is 6.33. The summed E-state index contributed by atoms with van der Waals surface area (Å²) < 4.78 is 2.10. The average molecular weight is 344 g/mol. The third kappa shape index (κ3) is 3.00. The van der Waals surface area contributed by atoms with Crippen LogP contribution in [0.2, 0.25) is 0 Å². The summed E-state index contributed by atoms with van der Waals surface area (Å²) in [6.07, 6.45) is 7.38. The lowest BCUT2D eigenvalue weighted by Crippen LogP contribution is -2.44. The molecule has 2 fully saturated rings. The van der Waals surface area contributed by atoms with Gasteiger partial charge in [-0.3, -0.25) is 9.69 Å². The molecule has 1 amide bonds. The predicted octanol–water partition coefficient (Wildman–Crippen LogP) is 2.61. The fourth-order valence-corrected chi connectivity index (χ4v) is 4.70. The minimum absolute atomic E-state index is 0.203. The first-order valence-electron chi connectivity index (χ1n) is 8.65. The number of hydrogen-bond donors (Lipinski definition) is 0. The molecule has 6 heteroatoms. The zero-order valence-corrected chi connectivity index (χ0v) is 15.0. The zero-order valence-electron chi connectivity index (χ0n) is 14.1. The zero-order chi connectivity index (χ0) is 16.6. The Hall–Kier alpha value is -1.66. The van der Waals surface area contributed by atoms with Crippen molar-refractivity contribution < 1.29 is 4.79 Å². The van der Waals surface area contributed by atoms with Crippen LogP contribution in [0, 0.1) is 5.41 Å². The molecule has 2 aliphatic rings. The molecule has 0 N–H and O–H groups in total. The van der Waals surface area contributed by atoms with Crippen LogP contribution in [0.5, 0.6) is 0 Å². The monoisotopic (exact) mass is 344 g/mol. The van der Waals surface area contributed by atoms with E-state index in [1.807, 2.05) is 34.1 Å². The van der Waals surface area contributed by atoms with Crippen molar-refractivity contribution in [3.8, 4) is 0 Å². The Morgan fingerprint density at radius 1 is 1.29 bits per heavy atom. The highest BCUT2D eigenvalue weighted by Crippen LogP contribution is 2.41. The van der Waals surface area contributed by atoms with E-state index >= 15 is 0 Å². The first kappa shape index (κ1) is 15.8. The summed E-state index contributed by atoms with van der Waals surface area (Å²) in [7, 11) is 2.06. The van der Waals surface area contributed by atoms with Crippen LogP contribution in [0.15, 0.2) is 29.2 Å². The second-order valence-electron chi connectivity index (χ2n) is 7.22. The Labute approximate surface area is 146 Å². The molecule has 2 saturated heterocycles. The van der Waals surface area contributed by atoms with E-state index in [4.69, 9.17) is 0 Å². The number of carbonyl (C=O) groups excluding carboxylic acids is 1. The minimum Gasteiger partial charge on any atom is -0.339 e. The molecule has 2 aromatic heterocycles. The number of aromatic nitrogens is 2. The van der Waals surface area contributed by atoms with Crippen molar-refractivity contribution in [1.29, 1.82) is 0 Å². The SMILES string of the molecule is Cn1ccnc1CN1CCC2(CCN(C(=O)c3ccsc3)CC2)C1. The molecule has 0 bridgehead atoms. The molecule has 0 aliphatic carbocycles. The highest BCUT2D eigenvalue weighted by Gasteiger charge is 2.41. The summed E-state index contributed by atoms with van der Waals surface area (Å²) >= 11 is 1.59. The molecule has 0 saturated carbocycles. The van der Waals surface area contributed by atoms with Crippen LogP contribution in [0.3, 0.4) is 0 Å². The third-order valence-corrected chi connectivity index (χ3v) is 6.37. The van der Waals surface area contributed by atoms with E-state index in [0.717, 1.165) is 57.0 Å². The van der Waals surface area contributed by atoms with E-state index in [-0.39, 0.29) is 5.91 Å². The van der Waals surface area contributed by atoms with E-state index in [1.54, 1.807) is 11.3 Å². The maximum absolute atomic E-state index is 12.5. The van der Waals surface area contributed by atoms with Crippen LogP contribution in [0.25, 0.3) is 0 Å². The fraction of sp³-hybridized carbons (Fsp3) is 0.556. The first-order chi connectivity index (χ1) is 11.7. The Balaban J connectivity index is 1.34. The van der Waals surface area contributed by atoms with E-state index in [1.165, 1.54) is 6.42 Å². The van der Waals surface area contributed by atoms with Gasteiger partial charge in [-0.05, 0) is 42.7 Å². The Morgan fingerprint density at radius 3 is 2.75 bits per heavy atom. The molecule has 1 spiro atoms. The Morgan fingerprint density at radius 2 is 2.08 bits per heavy atom. The van der Waals surface area contributed by atoms with Gasteiger partial charge < -0.3 is 9.47 Å². The molecule has 2 aromatic rings. The van der Waals surface area contributed by atoms with Gasteiger partial charge in [0.25, 0.3) is 5.91 Å². The van der Waals surface area contributed by atoms with Gasteiger partial charge >= 0.3 is 0 Å². The van der Waals surface area contributed by atoms with Gasteiger partial charge in [-0.1, -0.05) is 0 Å². The van der Waals surface area contributed by atoms with Crippen molar-refractivity contribution >= 4 is 17.2 Å². The fourth-order valence-electron chi connectivity index (χ4n) is 4.07. The van der Waals surface area contributed by atoms with Crippen LogP contribution in [0.1, 0.15) is 35.4 Å². The van der Waals surface area contributed by atoms with Crippen LogP contribution in [-0.4, -0.2) is 51.4 Å². The minimum atomic E-state index is 0.203. The number of likely N-dealkylation sites (tertiary alicyclic amines) is 2.